The molecule has 2 N–H and O–H groups in total. The number of rotatable bonds is 2. The molecule has 1 aromatic carbocycles. The molecule has 0 aliphatic carbocycles. The van der Waals surface area contributed by atoms with Crippen molar-refractivity contribution in [3.8, 4) is 11.8 Å². The van der Waals surface area contributed by atoms with Crippen molar-refractivity contribution in [1.29, 1.82) is 5.26 Å². The molecule has 2 atom stereocenters. The number of nitrogens with one attached hydrogen (secondary N) is 2. The number of aliphatic imine (C=N–C) groups is 1. The maximum Gasteiger partial charge on any atom is 0.243 e. The first-order valence-corrected chi connectivity index (χ1v) is 8.86. The largest absolute Gasteiger partial charge is 0.497 e. The zero-order valence-corrected chi connectivity index (χ0v) is 15.2. The highest BCUT2D eigenvalue weighted by Gasteiger charge is 2.41. The molecule has 1 aromatic heterocycles. The fourth-order valence-electron chi connectivity index (χ4n) is 3.66. The number of fused-ring (bicyclic) bond motifs is 1. The number of hydrogen-bond donors (Lipinski definition) is 2. The van der Waals surface area contributed by atoms with Gasteiger partial charge in [-0.05, 0) is 31.0 Å². The molecule has 0 radical (unpaired) electrons. The summed E-state index contributed by atoms with van der Waals surface area (Å²) in [4.78, 5) is 17.2. The van der Waals surface area contributed by atoms with Gasteiger partial charge >= 0.3 is 0 Å². The summed E-state index contributed by atoms with van der Waals surface area (Å²) in [7, 11) is 1.60. The summed E-state index contributed by atoms with van der Waals surface area (Å²) in [6.07, 6.45) is 0.962. The Labute approximate surface area is 156 Å². The summed E-state index contributed by atoms with van der Waals surface area (Å²) in [6, 6.07) is 9.62. The highest BCUT2D eigenvalue weighted by atomic mass is 16.5. The zero-order chi connectivity index (χ0) is 19.0. The molecule has 0 saturated carbocycles. The van der Waals surface area contributed by atoms with E-state index in [2.05, 4.69) is 26.8 Å². The SMILES string of the molecule is COc1ccc([C@H]2c3c(C)nn(C4=NCCCN4)c3NC(=O)[C@H]2C#N)cc1. The normalized spacial score (nSPS) is 21.4. The van der Waals surface area contributed by atoms with Gasteiger partial charge in [-0.1, -0.05) is 12.1 Å². The lowest BCUT2D eigenvalue weighted by Crippen LogP contribution is -2.39. The number of ether oxygens (including phenoxy) is 1. The number of aromatic nitrogens is 2. The van der Waals surface area contributed by atoms with Crippen LogP contribution in [0.3, 0.4) is 0 Å². The van der Waals surface area contributed by atoms with Gasteiger partial charge in [-0.25, -0.2) is 0 Å². The van der Waals surface area contributed by atoms with Crippen molar-refractivity contribution in [2.45, 2.75) is 19.3 Å². The van der Waals surface area contributed by atoms with Crippen LogP contribution in [0.2, 0.25) is 0 Å². The predicted octanol–water partition coefficient (Wildman–Crippen LogP) is 1.62. The first-order valence-electron chi connectivity index (χ1n) is 8.86. The predicted molar refractivity (Wildman–Crippen MR) is 99.9 cm³/mol. The molecule has 0 bridgehead atoms. The van der Waals surface area contributed by atoms with Gasteiger partial charge in [0.25, 0.3) is 0 Å². The van der Waals surface area contributed by atoms with Crippen LogP contribution >= 0.6 is 0 Å². The number of amides is 1. The van der Waals surface area contributed by atoms with E-state index in [1.165, 1.54) is 0 Å². The Bertz CT molecular complexity index is 954. The molecular formula is C19H20N6O2. The third-order valence-corrected chi connectivity index (χ3v) is 4.97. The van der Waals surface area contributed by atoms with E-state index in [0.717, 1.165) is 35.5 Å². The Morgan fingerprint density at radius 2 is 2.11 bits per heavy atom. The van der Waals surface area contributed by atoms with Crippen molar-refractivity contribution < 1.29 is 9.53 Å². The smallest absolute Gasteiger partial charge is 0.243 e. The lowest BCUT2D eigenvalue weighted by atomic mass is 9.78. The van der Waals surface area contributed by atoms with Crippen molar-refractivity contribution in [1.82, 2.24) is 15.1 Å². The second-order valence-electron chi connectivity index (χ2n) is 6.59. The van der Waals surface area contributed by atoms with Crippen LogP contribution in [0.5, 0.6) is 5.75 Å². The minimum absolute atomic E-state index is 0.330. The van der Waals surface area contributed by atoms with Crippen LogP contribution in [0.25, 0.3) is 0 Å². The first-order chi connectivity index (χ1) is 13.1. The second-order valence-corrected chi connectivity index (χ2v) is 6.59. The monoisotopic (exact) mass is 364 g/mol. The van der Waals surface area contributed by atoms with Gasteiger partial charge in [0.15, 0.2) is 0 Å². The molecule has 8 heteroatoms. The number of carbonyl (C=O) groups excluding carboxylic acids is 1. The molecule has 2 aliphatic heterocycles. The minimum Gasteiger partial charge on any atom is -0.497 e. The summed E-state index contributed by atoms with van der Waals surface area (Å²) in [6.45, 7) is 3.41. The van der Waals surface area contributed by atoms with Crippen LogP contribution in [0.15, 0.2) is 29.3 Å². The molecule has 27 heavy (non-hydrogen) atoms. The van der Waals surface area contributed by atoms with Crippen molar-refractivity contribution in [2.24, 2.45) is 10.9 Å². The Balaban J connectivity index is 1.86. The number of nitrogens with zero attached hydrogens (tertiary/aromatic N) is 4. The minimum atomic E-state index is -0.830. The number of anilines is 1. The molecular weight excluding hydrogens is 344 g/mol. The quantitative estimate of drug-likeness (QED) is 0.843. The Kier molecular flexibility index (Phi) is 4.28. The zero-order valence-electron chi connectivity index (χ0n) is 15.2. The molecule has 4 rings (SSSR count). The van der Waals surface area contributed by atoms with E-state index < -0.39 is 11.8 Å². The van der Waals surface area contributed by atoms with E-state index in [9.17, 15) is 10.1 Å². The lowest BCUT2D eigenvalue weighted by molar-refractivity contribution is -0.119. The van der Waals surface area contributed by atoms with E-state index in [1.54, 1.807) is 11.8 Å². The molecule has 0 fully saturated rings. The van der Waals surface area contributed by atoms with Gasteiger partial charge in [0.1, 0.15) is 17.5 Å². The van der Waals surface area contributed by atoms with Crippen LogP contribution in [0, 0.1) is 24.2 Å². The number of aryl methyl sites for hydroxylation is 1. The van der Waals surface area contributed by atoms with E-state index >= 15 is 0 Å². The Hall–Kier alpha value is -3.34. The summed E-state index contributed by atoms with van der Waals surface area (Å²) < 4.78 is 6.87. The highest BCUT2D eigenvalue weighted by Crippen LogP contribution is 2.42. The second kappa shape index (κ2) is 6.76. The molecule has 138 valence electrons. The van der Waals surface area contributed by atoms with E-state index in [0.29, 0.717) is 18.3 Å². The number of benzene rings is 1. The lowest BCUT2D eigenvalue weighted by Gasteiger charge is -2.28. The molecule has 2 aliphatic rings. The topological polar surface area (TPSA) is 104 Å². The maximum atomic E-state index is 12.7. The summed E-state index contributed by atoms with van der Waals surface area (Å²) in [5.41, 5.74) is 2.49. The molecule has 1 amide bonds. The maximum absolute atomic E-state index is 12.7. The van der Waals surface area contributed by atoms with Gasteiger partial charge in [0.2, 0.25) is 11.9 Å². The van der Waals surface area contributed by atoms with Crippen LogP contribution in [-0.4, -0.2) is 41.8 Å². The molecule has 0 unspecified atom stereocenters. The summed E-state index contributed by atoms with van der Waals surface area (Å²) in [5.74, 6) is 0.364. The van der Waals surface area contributed by atoms with Crippen LogP contribution in [0.1, 0.15) is 29.2 Å². The molecule has 8 nitrogen and oxygen atoms in total. The average molecular weight is 364 g/mol. The van der Waals surface area contributed by atoms with E-state index in [-0.39, 0.29) is 5.91 Å². The van der Waals surface area contributed by atoms with Crippen molar-refractivity contribution in [2.75, 3.05) is 25.5 Å². The number of methoxy groups -OCH3 is 1. The fourth-order valence-corrected chi connectivity index (χ4v) is 3.66. The van der Waals surface area contributed by atoms with Gasteiger partial charge in [0, 0.05) is 24.6 Å². The molecule has 0 saturated heterocycles. The van der Waals surface area contributed by atoms with Crippen LogP contribution in [0.4, 0.5) is 5.82 Å². The standard InChI is InChI=1S/C19H20N6O2/c1-11-15-16(12-4-6-13(27-2)7-5-12)14(10-20)18(26)23-17(15)25(24-11)19-21-8-3-9-22-19/h4-7,14,16H,3,8-9H2,1-2H3,(H,21,22)(H,23,26)/t14-,16+/m0/s1. The fraction of sp³-hybridized carbons (Fsp3) is 0.368. The number of carbonyl (C=O) groups is 1. The Morgan fingerprint density at radius 3 is 2.74 bits per heavy atom. The van der Waals surface area contributed by atoms with Crippen molar-refractivity contribution in [3.63, 3.8) is 0 Å². The van der Waals surface area contributed by atoms with Crippen LogP contribution in [-0.2, 0) is 4.79 Å². The summed E-state index contributed by atoms with van der Waals surface area (Å²) in [5, 5.41) is 20.4. The van der Waals surface area contributed by atoms with Gasteiger partial charge in [-0.2, -0.15) is 15.0 Å². The van der Waals surface area contributed by atoms with E-state index in [4.69, 9.17) is 4.74 Å². The van der Waals surface area contributed by atoms with Gasteiger partial charge in [0.05, 0.1) is 18.9 Å². The van der Waals surface area contributed by atoms with Gasteiger partial charge < -0.3 is 15.4 Å². The van der Waals surface area contributed by atoms with Gasteiger partial charge in [-0.15, -0.1) is 0 Å². The average Bonchev–Trinajstić information content (AvgIpc) is 3.03. The number of nitriles is 1. The molecule has 3 heterocycles. The molecule has 2 aromatic rings. The number of hydrogen-bond acceptors (Lipinski definition) is 6. The third kappa shape index (κ3) is 2.81. The Morgan fingerprint density at radius 1 is 1.33 bits per heavy atom. The summed E-state index contributed by atoms with van der Waals surface area (Å²) >= 11 is 0. The van der Waals surface area contributed by atoms with Crippen molar-refractivity contribution in [3.05, 3.63) is 41.1 Å². The first kappa shape index (κ1) is 17.1. The highest BCUT2D eigenvalue weighted by molar-refractivity contribution is 6.00. The van der Waals surface area contributed by atoms with Crippen LogP contribution < -0.4 is 15.4 Å². The van der Waals surface area contributed by atoms with Gasteiger partial charge in [-0.3, -0.25) is 9.79 Å². The third-order valence-electron chi connectivity index (χ3n) is 4.97. The molecule has 0 spiro atoms. The van der Waals surface area contributed by atoms with Crippen molar-refractivity contribution >= 4 is 17.7 Å². The van der Waals surface area contributed by atoms with E-state index in [1.807, 2.05) is 31.2 Å².